The van der Waals surface area contributed by atoms with E-state index in [0.29, 0.717) is 12.5 Å². The summed E-state index contributed by atoms with van der Waals surface area (Å²) in [5, 5.41) is 11.3. The largest absolute Gasteiger partial charge is 0.480 e. The fourth-order valence-electron chi connectivity index (χ4n) is 2.04. The number of rotatable bonds is 6. The topological polar surface area (TPSA) is 95.7 Å². The number of carbonyl (C=O) groups excluding carboxylic acids is 1. The number of amides is 1. The Morgan fingerprint density at radius 1 is 1.59 bits per heavy atom. The molecule has 0 bridgehead atoms. The van der Waals surface area contributed by atoms with E-state index in [2.05, 4.69) is 17.3 Å². The third kappa shape index (κ3) is 5.14. The van der Waals surface area contributed by atoms with Crippen LogP contribution in [-0.4, -0.2) is 54.6 Å². The van der Waals surface area contributed by atoms with Gasteiger partial charge in [-0.25, -0.2) is 0 Å². The maximum absolute atomic E-state index is 11.3. The first kappa shape index (κ1) is 13.9. The van der Waals surface area contributed by atoms with Crippen LogP contribution in [0.5, 0.6) is 0 Å². The van der Waals surface area contributed by atoms with Crippen molar-refractivity contribution in [3.8, 4) is 0 Å². The molecule has 1 amide bonds. The van der Waals surface area contributed by atoms with Crippen LogP contribution in [0.15, 0.2) is 0 Å². The summed E-state index contributed by atoms with van der Waals surface area (Å²) < 4.78 is 0. The third-order valence-corrected chi connectivity index (χ3v) is 3.09. The zero-order chi connectivity index (χ0) is 12.8. The average molecular weight is 243 g/mol. The van der Waals surface area contributed by atoms with Crippen molar-refractivity contribution in [3.05, 3.63) is 0 Å². The number of hydrogen-bond acceptors (Lipinski definition) is 4. The lowest BCUT2D eigenvalue weighted by Crippen LogP contribution is -2.37. The van der Waals surface area contributed by atoms with Crippen molar-refractivity contribution in [2.24, 2.45) is 11.7 Å². The van der Waals surface area contributed by atoms with Crippen LogP contribution < -0.4 is 11.1 Å². The second kappa shape index (κ2) is 6.56. The predicted molar refractivity (Wildman–Crippen MR) is 63.5 cm³/mol. The van der Waals surface area contributed by atoms with Crippen LogP contribution in [0.25, 0.3) is 0 Å². The first-order chi connectivity index (χ1) is 7.99. The van der Waals surface area contributed by atoms with E-state index in [1.165, 1.54) is 6.42 Å². The van der Waals surface area contributed by atoms with Crippen LogP contribution in [0, 0.1) is 5.92 Å². The molecule has 1 heterocycles. The molecule has 0 spiro atoms. The van der Waals surface area contributed by atoms with Crippen LogP contribution >= 0.6 is 0 Å². The van der Waals surface area contributed by atoms with E-state index < -0.39 is 12.0 Å². The van der Waals surface area contributed by atoms with E-state index in [1.807, 2.05) is 0 Å². The summed E-state index contributed by atoms with van der Waals surface area (Å²) in [6.45, 7) is 2.79. The molecule has 0 radical (unpaired) electrons. The molecule has 17 heavy (non-hydrogen) atoms. The minimum absolute atomic E-state index is 0.153. The summed E-state index contributed by atoms with van der Waals surface area (Å²) in [4.78, 5) is 24.0. The lowest BCUT2D eigenvalue weighted by atomic mass is 10.1. The summed E-state index contributed by atoms with van der Waals surface area (Å²) in [5.41, 5.74) is 5.26. The van der Waals surface area contributed by atoms with Crippen LogP contribution in [0.3, 0.4) is 0 Å². The van der Waals surface area contributed by atoms with Gasteiger partial charge in [0.05, 0.1) is 6.42 Å². The van der Waals surface area contributed by atoms with Crippen molar-refractivity contribution in [2.75, 3.05) is 26.7 Å². The third-order valence-electron chi connectivity index (χ3n) is 3.09. The number of aliphatic carboxylic acids is 1. The lowest BCUT2D eigenvalue weighted by Gasteiger charge is -2.11. The van der Waals surface area contributed by atoms with Gasteiger partial charge in [0.15, 0.2) is 0 Å². The molecule has 0 aliphatic carbocycles. The molecule has 0 saturated carbocycles. The normalized spacial score (nSPS) is 22.4. The van der Waals surface area contributed by atoms with Gasteiger partial charge in [-0.3, -0.25) is 9.59 Å². The molecule has 0 aromatic carbocycles. The SMILES string of the molecule is CN1CCC(CCNC(=O)CC(N)C(=O)O)C1. The van der Waals surface area contributed by atoms with Crippen LogP contribution in [0.2, 0.25) is 0 Å². The Kier molecular flexibility index (Phi) is 5.37. The van der Waals surface area contributed by atoms with Gasteiger partial charge in [-0.15, -0.1) is 0 Å². The predicted octanol–water partition coefficient (Wildman–Crippen LogP) is -0.754. The van der Waals surface area contributed by atoms with E-state index in [-0.39, 0.29) is 12.3 Å². The van der Waals surface area contributed by atoms with Gasteiger partial charge in [0, 0.05) is 13.1 Å². The number of nitrogens with one attached hydrogen (secondary N) is 1. The Balaban J connectivity index is 2.10. The van der Waals surface area contributed by atoms with Gasteiger partial charge in [0.25, 0.3) is 0 Å². The molecule has 98 valence electrons. The Morgan fingerprint density at radius 2 is 2.29 bits per heavy atom. The molecule has 0 aromatic rings. The average Bonchev–Trinajstić information content (AvgIpc) is 2.64. The zero-order valence-corrected chi connectivity index (χ0v) is 10.2. The number of nitrogens with two attached hydrogens (primary N) is 1. The quantitative estimate of drug-likeness (QED) is 0.570. The molecule has 1 saturated heterocycles. The van der Waals surface area contributed by atoms with Gasteiger partial charge < -0.3 is 21.1 Å². The lowest BCUT2D eigenvalue weighted by molar-refractivity contribution is -0.140. The van der Waals surface area contributed by atoms with Crippen molar-refractivity contribution in [1.82, 2.24) is 10.2 Å². The molecule has 1 rings (SSSR count). The maximum Gasteiger partial charge on any atom is 0.321 e. The monoisotopic (exact) mass is 243 g/mol. The van der Waals surface area contributed by atoms with Gasteiger partial charge in [0.1, 0.15) is 6.04 Å². The standard InChI is InChI=1S/C11H21N3O3/c1-14-5-3-8(7-14)2-4-13-10(15)6-9(12)11(16)17/h8-9H,2-7,12H2,1H3,(H,13,15)(H,16,17). The summed E-state index contributed by atoms with van der Waals surface area (Å²) in [7, 11) is 2.09. The number of carboxylic acids is 1. The van der Waals surface area contributed by atoms with E-state index in [0.717, 1.165) is 19.5 Å². The van der Waals surface area contributed by atoms with Crippen molar-refractivity contribution in [2.45, 2.75) is 25.3 Å². The maximum atomic E-state index is 11.3. The molecule has 0 aromatic heterocycles. The van der Waals surface area contributed by atoms with E-state index >= 15 is 0 Å². The molecule has 6 nitrogen and oxygen atoms in total. The highest BCUT2D eigenvalue weighted by atomic mass is 16.4. The van der Waals surface area contributed by atoms with Gasteiger partial charge in [-0.1, -0.05) is 0 Å². The van der Waals surface area contributed by atoms with Gasteiger partial charge in [-0.05, 0) is 32.4 Å². The Morgan fingerprint density at radius 3 is 2.82 bits per heavy atom. The first-order valence-electron chi connectivity index (χ1n) is 5.92. The molecule has 1 fully saturated rings. The summed E-state index contributed by atoms with van der Waals surface area (Å²) in [6.07, 6.45) is 1.96. The summed E-state index contributed by atoms with van der Waals surface area (Å²) >= 11 is 0. The molecule has 1 aliphatic rings. The van der Waals surface area contributed by atoms with Gasteiger partial charge >= 0.3 is 5.97 Å². The molecule has 2 atom stereocenters. The molecule has 4 N–H and O–H groups in total. The van der Waals surface area contributed by atoms with Crippen LogP contribution in [0.1, 0.15) is 19.3 Å². The summed E-state index contributed by atoms with van der Waals surface area (Å²) in [6, 6.07) is -1.10. The minimum atomic E-state index is -1.14. The van der Waals surface area contributed by atoms with Gasteiger partial charge in [0.2, 0.25) is 5.91 Å². The van der Waals surface area contributed by atoms with Crippen molar-refractivity contribution in [3.63, 3.8) is 0 Å². The zero-order valence-electron chi connectivity index (χ0n) is 10.2. The van der Waals surface area contributed by atoms with Crippen molar-refractivity contribution < 1.29 is 14.7 Å². The molecular formula is C11H21N3O3. The second-order valence-corrected chi connectivity index (χ2v) is 4.70. The van der Waals surface area contributed by atoms with Crippen molar-refractivity contribution >= 4 is 11.9 Å². The number of hydrogen-bond donors (Lipinski definition) is 3. The van der Waals surface area contributed by atoms with Crippen molar-refractivity contribution in [1.29, 1.82) is 0 Å². The highest BCUT2D eigenvalue weighted by molar-refractivity contribution is 5.84. The number of likely N-dealkylation sites (tertiary alicyclic amines) is 1. The molecule has 2 unspecified atom stereocenters. The first-order valence-corrected chi connectivity index (χ1v) is 5.92. The molecular weight excluding hydrogens is 222 g/mol. The Labute approximate surface area is 101 Å². The summed E-state index contributed by atoms with van der Waals surface area (Å²) in [5.74, 6) is -0.794. The highest BCUT2D eigenvalue weighted by Crippen LogP contribution is 2.16. The van der Waals surface area contributed by atoms with Crippen LogP contribution in [-0.2, 0) is 9.59 Å². The number of carbonyl (C=O) groups is 2. The number of nitrogens with zero attached hydrogens (tertiary/aromatic N) is 1. The molecule has 6 heteroatoms. The van der Waals surface area contributed by atoms with E-state index in [9.17, 15) is 9.59 Å². The number of carboxylic acid groups (broad SMARTS) is 1. The van der Waals surface area contributed by atoms with E-state index in [4.69, 9.17) is 10.8 Å². The fourth-order valence-corrected chi connectivity index (χ4v) is 2.04. The van der Waals surface area contributed by atoms with Crippen LogP contribution in [0.4, 0.5) is 0 Å². The Hall–Kier alpha value is -1.14. The van der Waals surface area contributed by atoms with E-state index in [1.54, 1.807) is 0 Å². The van der Waals surface area contributed by atoms with Gasteiger partial charge in [-0.2, -0.15) is 0 Å². The smallest absolute Gasteiger partial charge is 0.321 e. The minimum Gasteiger partial charge on any atom is -0.480 e. The Bertz CT molecular complexity index is 283. The fraction of sp³-hybridized carbons (Fsp3) is 0.818. The highest BCUT2D eigenvalue weighted by Gasteiger charge is 2.20. The second-order valence-electron chi connectivity index (χ2n) is 4.70. The molecule has 1 aliphatic heterocycles.